The summed E-state index contributed by atoms with van der Waals surface area (Å²) in [5.41, 5.74) is 0. The van der Waals surface area contributed by atoms with Crippen LogP contribution in [0.25, 0.3) is 0 Å². The van der Waals surface area contributed by atoms with E-state index in [1.165, 1.54) is 39.2 Å². The Kier molecular flexibility index (Phi) is 14.4. The number of ether oxygens (including phenoxy) is 1. The van der Waals surface area contributed by atoms with E-state index in [9.17, 15) is 9.90 Å². The second-order valence-corrected chi connectivity index (χ2v) is 5.74. The van der Waals surface area contributed by atoms with Gasteiger partial charge in [0.1, 0.15) is 0 Å². The van der Waals surface area contributed by atoms with Gasteiger partial charge in [-0.15, -0.1) is 0 Å². The summed E-state index contributed by atoms with van der Waals surface area (Å²) in [5, 5.41) is 9.86. The van der Waals surface area contributed by atoms with Gasteiger partial charge < -0.3 is 9.84 Å². The van der Waals surface area contributed by atoms with Crippen molar-refractivity contribution in [1.29, 1.82) is 0 Å². The summed E-state index contributed by atoms with van der Waals surface area (Å²) in [6, 6.07) is 0. The summed E-state index contributed by atoms with van der Waals surface area (Å²) in [6.45, 7) is 2.23. The molecule has 0 radical (unpaired) electrons. The smallest absolute Gasteiger partial charge is 0.305 e. The molecule has 0 heterocycles. The molecule has 0 unspecified atom stereocenters. The molecule has 0 aromatic rings. The first-order valence-electron chi connectivity index (χ1n) is 8.45. The zero-order valence-corrected chi connectivity index (χ0v) is 13.5. The zero-order chi connectivity index (χ0) is 15.1. The van der Waals surface area contributed by atoms with Crippen LogP contribution in [0.1, 0.15) is 90.4 Å². The molecule has 20 heavy (non-hydrogen) atoms. The average molecular weight is 286 g/mol. The molecule has 0 aliphatic heterocycles. The summed E-state index contributed by atoms with van der Waals surface area (Å²) < 4.78 is 4.60. The van der Waals surface area contributed by atoms with Crippen LogP contribution in [0.3, 0.4) is 0 Å². The van der Waals surface area contributed by atoms with Gasteiger partial charge in [-0.05, 0) is 19.3 Å². The Morgan fingerprint density at radius 3 is 1.95 bits per heavy atom. The molecule has 0 aromatic heterocycles. The number of methoxy groups -OCH3 is 1. The Morgan fingerprint density at radius 1 is 0.900 bits per heavy atom. The maximum atomic E-state index is 10.9. The topological polar surface area (TPSA) is 46.5 Å². The van der Waals surface area contributed by atoms with Crippen LogP contribution in [0, 0.1) is 0 Å². The molecule has 1 N–H and O–H groups in total. The fraction of sp³-hybridized carbons (Fsp3) is 0.941. The zero-order valence-electron chi connectivity index (χ0n) is 13.5. The maximum absolute atomic E-state index is 10.9. The normalized spacial score (nSPS) is 12.3. The van der Waals surface area contributed by atoms with Crippen molar-refractivity contribution < 1.29 is 14.6 Å². The van der Waals surface area contributed by atoms with Crippen molar-refractivity contribution in [2.45, 2.75) is 96.5 Å². The Morgan fingerprint density at radius 2 is 1.40 bits per heavy atom. The number of hydrogen-bond donors (Lipinski definition) is 1. The minimum absolute atomic E-state index is 0.117. The van der Waals surface area contributed by atoms with Gasteiger partial charge in [0.05, 0.1) is 13.2 Å². The molecule has 0 rings (SSSR count). The molecule has 0 aliphatic carbocycles. The van der Waals surface area contributed by atoms with E-state index in [1.54, 1.807) is 0 Å². The molecule has 0 amide bonds. The highest BCUT2D eigenvalue weighted by Gasteiger charge is 2.04. The van der Waals surface area contributed by atoms with Gasteiger partial charge in [-0.3, -0.25) is 4.79 Å². The first-order valence-corrected chi connectivity index (χ1v) is 8.45. The van der Waals surface area contributed by atoms with Crippen LogP contribution in [0.4, 0.5) is 0 Å². The number of hydrogen-bond acceptors (Lipinski definition) is 3. The lowest BCUT2D eigenvalue weighted by molar-refractivity contribution is -0.140. The number of carbonyl (C=O) groups is 1. The summed E-state index contributed by atoms with van der Waals surface area (Å²) in [7, 11) is 1.43. The van der Waals surface area contributed by atoms with Crippen LogP contribution in [0.5, 0.6) is 0 Å². The van der Waals surface area contributed by atoms with Crippen LogP contribution in [-0.2, 0) is 9.53 Å². The third-order valence-corrected chi connectivity index (χ3v) is 3.79. The molecular formula is C17H34O3. The molecule has 3 heteroatoms. The molecular weight excluding hydrogens is 252 g/mol. The average Bonchev–Trinajstić information content (AvgIpc) is 2.46. The van der Waals surface area contributed by atoms with E-state index in [2.05, 4.69) is 11.7 Å². The van der Waals surface area contributed by atoms with Crippen molar-refractivity contribution in [2.24, 2.45) is 0 Å². The van der Waals surface area contributed by atoms with Crippen molar-refractivity contribution >= 4 is 5.97 Å². The second-order valence-electron chi connectivity index (χ2n) is 5.74. The quantitative estimate of drug-likeness (QED) is 0.374. The molecule has 0 aliphatic rings. The van der Waals surface area contributed by atoms with Gasteiger partial charge >= 0.3 is 5.97 Å². The number of rotatable bonds is 14. The standard InChI is InChI=1S/C17H34O3/c1-3-4-5-6-7-10-13-16(18)14-11-8-9-12-15-17(19)20-2/h16,18H,3-15H2,1-2H3/t16-/m1/s1. The Balaban J connectivity index is 3.20. The van der Waals surface area contributed by atoms with Crippen LogP contribution >= 0.6 is 0 Å². The predicted molar refractivity (Wildman–Crippen MR) is 83.7 cm³/mol. The van der Waals surface area contributed by atoms with E-state index in [1.807, 2.05) is 0 Å². The van der Waals surface area contributed by atoms with Gasteiger partial charge in [-0.25, -0.2) is 0 Å². The van der Waals surface area contributed by atoms with Crippen molar-refractivity contribution in [2.75, 3.05) is 7.11 Å². The van der Waals surface area contributed by atoms with Gasteiger partial charge in [0.2, 0.25) is 0 Å². The largest absolute Gasteiger partial charge is 0.469 e. The molecule has 0 spiro atoms. The van der Waals surface area contributed by atoms with Crippen molar-refractivity contribution in [1.82, 2.24) is 0 Å². The SMILES string of the molecule is CCCCCCCC[C@@H](O)CCCCCCC(=O)OC. The van der Waals surface area contributed by atoms with Crippen LogP contribution < -0.4 is 0 Å². The van der Waals surface area contributed by atoms with Gasteiger partial charge in [0.25, 0.3) is 0 Å². The second kappa shape index (κ2) is 14.8. The Labute approximate surface area is 125 Å². The molecule has 0 bridgehead atoms. The number of carbonyl (C=O) groups excluding carboxylic acids is 1. The van der Waals surface area contributed by atoms with E-state index in [0.717, 1.165) is 44.9 Å². The minimum atomic E-state index is -0.123. The lowest BCUT2D eigenvalue weighted by Gasteiger charge is -2.10. The highest BCUT2D eigenvalue weighted by atomic mass is 16.5. The first-order chi connectivity index (χ1) is 9.70. The van der Waals surface area contributed by atoms with E-state index >= 15 is 0 Å². The fourth-order valence-electron chi connectivity index (χ4n) is 2.41. The number of unbranched alkanes of at least 4 members (excludes halogenated alkanes) is 8. The maximum Gasteiger partial charge on any atom is 0.305 e. The predicted octanol–water partition coefficient (Wildman–Crippen LogP) is 4.61. The highest BCUT2D eigenvalue weighted by Crippen LogP contribution is 2.13. The summed E-state index contributed by atoms with van der Waals surface area (Å²) >= 11 is 0. The third-order valence-electron chi connectivity index (χ3n) is 3.79. The summed E-state index contributed by atoms with van der Waals surface area (Å²) in [4.78, 5) is 10.9. The van der Waals surface area contributed by atoms with Gasteiger partial charge in [0, 0.05) is 6.42 Å². The first kappa shape index (κ1) is 19.4. The fourth-order valence-corrected chi connectivity index (χ4v) is 2.41. The molecule has 3 nitrogen and oxygen atoms in total. The molecule has 0 aromatic carbocycles. The lowest BCUT2D eigenvalue weighted by Crippen LogP contribution is -2.06. The molecule has 120 valence electrons. The third kappa shape index (κ3) is 13.9. The van der Waals surface area contributed by atoms with E-state index in [-0.39, 0.29) is 12.1 Å². The Hall–Kier alpha value is -0.570. The van der Waals surface area contributed by atoms with Gasteiger partial charge in [0.15, 0.2) is 0 Å². The Bertz CT molecular complexity index is 216. The van der Waals surface area contributed by atoms with Crippen molar-refractivity contribution in [3.05, 3.63) is 0 Å². The highest BCUT2D eigenvalue weighted by molar-refractivity contribution is 5.68. The monoisotopic (exact) mass is 286 g/mol. The van der Waals surface area contributed by atoms with Gasteiger partial charge in [-0.1, -0.05) is 64.7 Å². The van der Waals surface area contributed by atoms with Crippen LogP contribution in [0.15, 0.2) is 0 Å². The summed E-state index contributed by atoms with van der Waals surface area (Å²) in [6.07, 6.45) is 14.1. The van der Waals surface area contributed by atoms with Crippen LogP contribution in [-0.4, -0.2) is 24.3 Å². The van der Waals surface area contributed by atoms with Crippen molar-refractivity contribution in [3.63, 3.8) is 0 Å². The number of esters is 1. The summed E-state index contributed by atoms with van der Waals surface area (Å²) in [5.74, 6) is -0.117. The molecule has 0 fully saturated rings. The minimum Gasteiger partial charge on any atom is -0.469 e. The van der Waals surface area contributed by atoms with Crippen molar-refractivity contribution in [3.8, 4) is 0 Å². The van der Waals surface area contributed by atoms with Gasteiger partial charge in [-0.2, -0.15) is 0 Å². The number of aliphatic hydroxyl groups excluding tert-OH is 1. The van der Waals surface area contributed by atoms with Crippen LogP contribution in [0.2, 0.25) is 0 Å². The van der Waals surface area contributed by atoms with E-state index in [4.69, 9.17) is 0 Å². The lowest BCUT2D eigenvalue weighted by atomic mass is 10.0. The number of aliphatic hydroxyl groups is 1. The molecule has 1 atom stereocenters. The van der Waals surface area contributed by atoms with E-state index in [0.29, 0.717) is 6.42 Å². The molecule has 0 saturated carbocycles. The van der Waals surface area contributed by atoms with E-state index < -0.39 is 0 Å². The molecule has 0 saturated heterocycles.